The summed E-state index contributed by atoms with van der Waals surface area (Å²) in [5.41, 5.74) is 6.25. The first-order valence-corrected chi connectivity index (χ1v) is 7.90. The monoisotopic (exact) mass is 353 g/mol. The zero-order chi connectivity index (χ0) is 15.2. The Hall–Kier alpha value is -1.40. The number of hydrogen-bond donors (Lipinski definition) is 2. The molecule has 0 bridgehead atoms. The molecule has 3 N–H and O–H groups in total. The molecule has 1 saturated heterocycles. The minimum Gasteiger partial charge on any atom is -0.368 e. The van der Waals surface area contributed by atoms with Crippen LogP contribution in [0, 0.1) is 0 Å². The van der Waals surface area contributed by atoms with Gasteiger partial charge in [-0.2, -0.15) is 0 Å². The first-order chi connectivity index (χ1) is 10.1. The SMILES string of the molecule is NC(=O)CN(Cc1ccc(Br)cc1)C(=O)[C@@H]1CCCCN1. The van der Waals surface area contributed by atoms with Crippen LogP contribution < -0.4 is 11.1 Å². The second-order valence-electron chi connectivity index (χ2n) is 5.29. The topological polar surface area (TPSA) is 75.4 Å². The Balaban J connectivity index is 2.07. The molecule has 1 atom stereocenters. The van der Waals surface area contributed by atoms with Crippen molar-refractivity contribution in [3.8, 4) is 0 Å². The molecular formula is C15H20BrN3O2. The van der Waals surface area contributed by atoms with Crippen LogP contribution >= 0.6 is 15.9 Å². The summed E-state index contributed by atoms with van der Waals surface area (Å²) < 4.78 is 0.980. The Kier molecular flexibility index (Phi) is 5.76. The van der Waals surface area contributed by atoms with Gasteiger partial charge >= 0.3 is 0 Å². The van der Waals surface area contributed by atoms with E-state index in [2.05, 4.69) is 21.2 Å². The number of nitrogens with zero attached hydrogens (tertiary/aromatic N) is 1. The zero-order valence-corrected chi connectivity index (χ0v) is 13.4. The van der Waals surface area contributed by atoms with Gasteiger partial charge in [-0.25, -0.2) is 0 Å². The summed E-state index contributed by atoms with van der Waals surface area (Å²) >= 11 is 3.38. The summed E-state index contributed by atoms with van der Waals surface area (Å²) in [4.78, 5) is 25.3. The number of hydrogen-bond acceptors (Lipinski definition) is 3. The molecule has 114 valence electrons. The van der Waals surface area contributed by atoms with Crippen molar-refractivity contribution in [1.82, 2.24) is 10.2 Å². The van der Waals surface area contributed by atoms with E-state index in [1.807, 2.05) is 24.3 Å². The van der Waals surface area contributed by atoms with Gasteiger partial charge in [-0.05, 0) is 37.1 Å². The maximum Gasteiger partial charge on any atom is 0.240 e. The van der Waals surface area contributed by atoms with Crippen molar-refractivity contribution >= 4 is 27.7 Å². The van der Waals surface area contributed by atoms with Gasteiger partial charge in [-0.1, -0.05) is 34.5 Å². The van der Waals surface area contributed by atoms with E-state index in [-0.39, 0.29) is 18.5 Å². The third-order valence-corrected chi connectivity index (χ3v) is 4.08. The predicted octanol–water partition coefficient (Wildman–Crippen LogP) is 1.41. The lowest BCUT2D eigenvalue weighted by atomic mass is 10.0. The lowest BCUT2D eigenvalue weighted by Gasteiger charge is -2.29. The summed E-state index contributed by atoms with van der Waals surface area (Å²) in [5.74, 6) is -0.535. The van der Waals surface area contributed by atoms with Crippen LogP contribution in [0.25, 0.3) is 0 Å². The second-order valence-corrected chi connectivity index (χ2v) is 6.21. The second kappa shape index (κ2) is 7.56. The normalized spacial score (nSPS) is 18.2. The highest BCUT2D eigenvalue weighted by Crippen LogP contribution is 2.15. The lowest BCUT2D eigenvalue weighted by Crippen LogP contribution is -2.50. The van der Waals surface area contributed by atoms with Gasteiger partial charge in [0.1, 0.15) is 0 Å². The Morgan fingerprint density at radius 2 is 2.00 bits per heavy atom. The van der Waals surface area contributed by atoms with Gasteiger partial charge in [0.15, 0.2) is 0 Å². The summed E-state index contributed by atoms with van der Waals surface area (Å²) in [5, 5.41) is 3.22. The summed E-state index contributed by atoms with van der Waals surface area (Å²) in [6, 6.07) is 7.50. The number of benzene rings is 1. The minimum atomic E-state index is -0.490. The summed E-state index contributed by atoms with van der Waals surface area (Å²) in [7, 11) is 0. The molecule has 0 aliphatic carbocycles. The van der Waals surface area contributed by atoms with Crippen LogP contribution in [0.4, 0.5) is 0 Å². The predicted molar refractivity (Wildman–Crippen MR) is 84.4 cm³/mol. The standard InChI is InChI=1S/C15H20BrN3O2/c16-12-6-4-11(5-7-12)9-19(10-14(17)20)15(21)13-3-1-2-8-18-13/h4-7,13,18H,1-3,8-10H2,(H2,17,20)/t13-/m0/s1. The molecule has 1 aromatic rings. The van der Waals surface area contributed by atoms with Crippen LogP contribution in [0.3, 0.4) is 0 Å². The molecule has 1 aliphatic rings. The highest BCUT2D eigenvalue weighted by molar-refractivity contribution is 9.10. The fourth-order valence-electron chi connectivity index (χ4n) is 2.49. The maximum absolute atomic E-state index is 12.6. The Bertz CT molecular complexity index is 498. The number of carbonyl (C=O) groups is 2. The van der Waals surface area contributed by atoms with Crippen LogP contribution in [-0.2, 0) is 16.1 Å². The van der Waals surface area contributed by atoms with Crippen LogP contribution in [0.15, 0.2) is 28.7 Å². The zero-order valence-electron chi connectivity index (χ0n) is 11.8. The van der Waals surface area contributed by atoms with E-state index >= 15 is 0 Å². The third-order valence-electron chi connectivity index (χ3n) is 3.55. The molecule has 0 spiro atoms. The molecule has 1 aliphatic heterocycles. The van der Waals surface area contributed by atoms with Crippen molar-refractivity contribution in [2.45, 2.75) is 31.8 Å². The average molecular weight is 354 g/mol. The van der Waals surface area contributed by atoms with Crippen molar-refractivity contribution in [3.05, 3.63) is 34.3 Å². The van der Waals surface area contributed by atoms with E-state index in [0.29, 0.717) is 6.54 Å². The Labute approximate surface area is 133 Å². The van der Waals surface area contributed by atoms with Crippen molar-refractivity contribution in [2.75, 3.05) is 13.1 Å². The quantitative estimate of drug-likeness (QED) is 0.840. The average Bonchev–Trinajstić information content (AvgIpc) is 2.48. The number of nitrogens with two attached hydrogens (primary N) is 1. The summed E-state index contributed by atoms with van der Waals surface area (Å²) in [6.07, 6.45) is 2.94. The number of halogens is 1. The molecule has 6 heteroatoms. The molecule has 1 aromatic carbocycles. The van der Waals surface area contributed by atoms with Crippen molar-refractivity contribution < 1.29 is 9.59 Å². The van der Waals surface area contributed by atoms with Crippen molar-refractivity contribution in [2.24, 2.45) is 5.73 Å². The van der Waals surface area contributed by atoms with Gasteiger partial charge in [0.25, 0.3) is 0 Å². The van der Waals surface area contributed by atoms with Gasteiger partial charge in [0, 0.05) is 11.0 Å². The molecule has 0 unspecified atom stereocenters. The van der Waals surface area contributed by atoms with Crippen LogP contribution in [0.5, 0.6) is 0 Å². The van der Waals surface area contributed by atoms with E-state index in [1.54, 1.807) is 0 Å². The number of amides is 2. The Morgan fingerprint density at radius 3 is 2.57 bits per heavy atom. The smallest absolute Gasteiger partial charge is 0.240 e. The molecule has 5 nitrogen and oxygen atoms in total. The van der Waals surface area contributed by atoms with E-state index in [4.69, 9.17) is 5.73 Å². The highest BCUT2D eigenvalue weighted by atomic mass is 79.9. The maximum atomic E-state index is 12.6. The van der Waals surface area contributed by atoms with Gasteiger partial charge in [0.05, 0.1) is 12.6 Å². The van der Waals surface area contributed by atoms with E-state index < -0.39 is 5.91 Å². The molecule has 1 heterocycles. The molecule has 2 amide bonds. The number of piperidine rings is 1. The Morgan fingerprint density at radius 1 is 1.29 bits per heavy atom. The van der Waals surface area contributed by atoms with Crippen molar-refractivity contribution in [1.29, 1.82) is 0 Å². The number of rotatable bonds is 5. The fraction of sp³-hybridized carbons (Fsp3) is 0.467. The van der Waals surface area contributed by atoms with Crippen LogP contribution in [0.2, 0.25) is 0 Å². The molecule has 0 saturated carbocycles. The lowest BCUT2D eigenvalue weighted by molar-refractivity contribution is -0.138. The minimum absolute atomic E-state index is 0.0450. The molecule has 21 heavy (non-hydrogen) atoms. The van der Waals surface area contributed by atoms with Gasteiger partial charge in [-0.15, -0.1) is 0 Å². The van der Waals surface area contributed by atoms with Gasteiger partial charge in [-0.3, -0.25) is 9.59 Å². The first-order valence-electron chi connectivity index (χ1n) is 7.11. The van der Waals surface area contributed by atoms with Gasteiger partial charge < -0.3 is 16.0 Å². The van der Waals surface area contributed by atoms with Crippen LogP contribution in [-0.4, -0.2) is 35.8 Å². The molecule has 2 rings (SSSR count). The molecular weight excluding hydrogens is 334 g/mol. The molecule has 0 aromatic heterocycles. The van der Waals surface area contributed by atoms with Gasteiger partial charge in [0.2, 0.25) is 11.8 Å². The first kappa shape index (κ1) is 16.0. The van der Waals surface area contributed by atoms with E-state index in [0.717, 1.165) is 35.8 Å². The fourth-order valence-corrected chi connectivity index (χ4v) is 2.76. The summed E-state index contributed by atoms with van der Waals surface area (Å²) in [6.45, 7) is 1.19. The van der Waals surface area contributed by atoms with Crippen molar-refractivity contribution in [3.63, 3.8) is 0 Å². The molecule has 0 radical (unpaired) electrons. The number of carbonyl (C=O) groups excluding carboxylic acids is 2. The molecule has 1 fully saturated rings. The number of primary amides is 1. The number of nitrogens with one attached hydrogen (secondary N) is 1. The van der Waals surface area contributed by atoms with E-state index in [1.165, 1.54) is 4.90 Å². The largest absolute Gasteiger partial charge is 0.368 e. The van der Waals surface area contributed by atoms with Crippen LogP contribution in [0.1, 0.15) is 24.8 Å². The third kappa shape index (κ3) is 4.82. The van der Waals surface area contributed by atoms with E-state index in [9.17, 15) is 9.59 Å². The highest BCUT2D eigenvalue weighted by Gasteiger charge is 2.26.